The lowest BCUT2D eigenvalue weighted by molar-refractivity contribution is 0.0958. The summed E-state index contributed by atoms with van der Waals surface area (Å²) in [6.45, 7) is 4.55. The smallest absolute Gasteiger partial charge is 0.254 e. The van der Waals surface area contributed by atoms with Crippen molar-refractivity contribution in [2.24, 2.45) is 0 Å². The van der Waals surface area contributed by atoms with Gasteiger partial charge in [-0.05, 0) is 44.2 Å². The van der Waals surface area contributed by atoms with E-state index >= 15 is 0 Å². The number of anilines is 3. The van der Waals surface area contributed by atoms with Gasteiger partial charge in [-0.15, -0.1) is 0 Å². The lowest BCUT2D eigenvalue weighted by Gasteiger charge is -2.31. The van der Waals surface area contributed by atoms with Crippen molar-refractivity contribution < 1.29 is 23.0 Å². The van der Waals surface area contributed by atoms with Crippen LogP contribution in [0.3, 0.4) is 0 Å². The number of hydrogen-bond acceptors (Lipinski definition) is 8. The second kappa shape index (κ2) is 11.1. The number of allylic oxidation sites excluding steroid dienone is 1. The van der Waals surface area contributed by atoms with Crippen LogP contribution >= 0.6 is 0 Å². The molecule has 1 aliphatic heterocycles. The minimum atomic E-state index is -1.03. The van der Waals surface area contributed by atoms with Gasteiger partial charge in [0.1, 0.15) is 12.4 Å². The van der Waals surface area contributed by atoms with E-state index in [1.807, 2.05) is 31.2 Å². The molecule has 3 aromatic rings. The minimum absolute atomic E-state index is 0.194. The fourth-order valence-electron chi connectivity index (χ4n) is 3.95. The molecule has 0 saturated heterocycles. The summed E-state index contributed by atoms with van der Waals surface area (Å²) >= 11 is 0. The van der Waals surface area contributed by atoms with Crippen molar-refractivity contribution in [2.45, 2.75) is 26.5 Å². The van der Waals surface area contributed by atoms with Crippen molar-refractivity contribution in [3.8, 4) is 11.5 Å². The molecule has 37 heavy (non-hydrogen) atoms. The van der Waals surface area contributed by atoms with Crippen molar-refractivity contribution in [3.63, 3.8) is 0 Å². The highest BCUT2D eigenvalue weighted by atomic mass is 19.1. The third-order valence-electron chi connectivity index (χ3n) is 5.71. The highest BCUT2D eigenvalue weighted by Gasteiger charge is 2.23. The fourth-order valence-corrected chi connectivity index (χ4v) is 3.95. The normalized spacial score (nSPS) is 14.9. The maximum Gasteiger partial charge on any atom is 0.254 e. The lowest BCUT2D eigenvalue weighted by atomic mass is 10.1. The van der Waals surface area contributed by atoms with Crippen LogP contribution in [0.1, 0.15) is 29.8 Å². The van der Waals surface area contributed by atoms with Crippen LogP contribution in [-0.4, -0.2) is 42.6 Å². The molecule has 4 rings (SSSR count). The standard InChI is InChI=1S/C26H28F2N6O3/c1-15-12-34(13-16(2)32-15)18-7-5-17(6-8-18)33-26-30-10-19(11-31-26)37-14-21-23(27)20(25(35)29-3)9-22(36-4)24(21)28/h5-12,16,32H,13-14H2,1-4H3,(H,29,35)(H,30,31,33)/t16-/m0/s1. The summed E-state index contributed by atoms with van der Waals surface area (Å²) in [6, 6.07) is 9.23. The summed E-state index contributed by atoms with van der Waals surface area (Å²) < 4.78 is 39.9. The number of carbonyl (C=O) groups excluding carboxylic acids is 1. The Kier molecular flexibility index (Phi) is 7.71. The molecule has 0 spiro atoms. The third kappa shape index (κ3) is 5.88. The number of nitrogens with zero attached hydrogens (tertiary/aromatic N) is 3. The van der Waals surface area contributed by atoms with Crippen LogP contribution in [0.2, 0.25) is 0 Å². The van der Waals surface area contributed by atoms with Gasteiger partial charge in [0.15, 0.2) is 17.3 Å². The molecule has 1 aliphatic rings. The Labute approximate surface area is 213 Å². The summed E-state index contributed by atoms with van der Waals surface area (Å²) in [5.41, 5.74) is 2.19. The molecule has 3 N–H and O–H groups in total. The van der Waals surface area contributed by atoms with Crippen molar-refractivity contribution in [3.05, 3.63) is 77.4 Å². The van der Waals surface area contributed by atoms with E-state index in [1.54, 1.807) is 0 Å². The van der Waals surface area contributed by atoms with Crippen LogP contribution in [0.5, 0.6) is 11.5 Å². The van der Waals surface area contributed by atoms with E-state index in [9.17, 15) is 13.6 Å². The van der Waals surface area contributed by atoms with Gasteiger partial charge in [0.2, 0.25) is 5.95 Å². The van der Waals surface area contributed by atoms with E-state index in [0.717, 1.165) is 29.7 Å². The van der Waals surface area contributed by atoms with Gasteiger partial charge < -0.3 is 30.3 Å². The molecule has 2 heterocycles. The largest absolute Gasteiger partial charge is 0.494 e. The zero-order chi connectivity index (χ0) is 26.5. The molecular formula is C26H28F2N6O3. The van der Waals surface area contributed by atoms with Gasteiger partial charge >= 0.3 is 0 Å². The predicted molar refractivity (Wildman–Crippen MR) is 136 cm³/mol. The Morgan fingerprint density at radius 1 is 1.19 bits per heavy atom. The second-order valence-corrected chi connectivity index (χ2v) is 8.52. The van der Waals surface area contributed by atoms with E-state index in [1.165, 1.54) is 26.6 Å². The van der Waals surface area contributed by atoms with Gasteiger partial charge in [-0.2, -0.15) is 0 Å². The molecule has 1 atom stereocenters. The topological polar surface area (TPSA) is 101 Å². The first-order valence-corrected chi connectivity index (χ1v) is 11.6. The highest BCUT2D eigenvalue weighted by molar-refractivity contribution is 5.95. The third-order valence-corrected chi connectivity index (χ3v) is 5.71. The van der Waals surface area contributed by atoms with E-state index < -0.39 is 29.7 Å². The van der Waals surface area contributed by atoms with Gasteiger partial charge in [-0.1, -0.05) is 0 Å². The molecule has 0 unspecified atom stereocenters. The zero-order valence-electron chi connectivity index (χ0n) is 20.9. The molecule has 0 aliphatic carbocycles. The van der Waals surface area contributed by atoms with Crippen molar-refractivity contribution in [2.75, 3.05) is 30.9 Å². The first-order chi connectivity index (χ1) is 17.8. The number of aromatic nitrogens is 2. The van der Waals surface area contributed by atoms with Crippen molar-refractivity contribution >= 4 is 23.2 Å². The molecule has 0 fully saturated rings. The van der Waals surface area contributed by atoms with Crippen molar-refractivity contribution in [1.82, 2.24) is 20.6 Å². The molecule has 194 valence electrons. The Morgan fingerprint density at radius 2 is 1.89 bits per heavy atom. The van der Waals surface area contributed by atoms with Crippen LogP contribution in [0.4, 0.5) is 26.1 Å². The number of halogens is 2. The Morgan fingerprint density at radius 3 is 2.51 bits per heavy atom. The lowest BCUT2D eigenvalue weighted by Crippen LogP contribution is -2.41. The van der Waals surface area contributed by atoms with Crippen LogP contribution in [0.15, 0.2) is 54.6 Å². The summed E-state index contributed by atoms with van der Waals surface area (Å²) in [6.07, 6.45) is 4.84. The molecular weight excluding hydrogens is 482 g/mol. The number of methoxy groups -OCH3 is 1. The first-order valence-electron chi connectivity index (χ1n) is 11.6. The van der Waals surface area contributed by atoms with Crippen LogP contribution in [-0.2, 0) is 6.61 Å². The Hall–Kier alpha value is -4.41. The summed E-state index contributed by atoms with van der Waals surface area (Å²) in [5, 5.41) is 8.81. The second-order valence-electron chi connectivity index (χ2n) is 8.52. The van der Waals surface area contributed by atoms with Crippen LogP contribution in [0.25, 0.3) is 0 Å². The number of amides is 1. The summed E-state index contributed by atoms with van der Waals surface area (Å²) in [4.78, 5) is 22.5. The number of nitrogens with one attached hydrogen (secondary N) is 3. The molecule has 11 heteroatoms. The van der Waals surface area contributed by atoms with Crippen LogP contribution in [0, 0.1) is 11.6 Å². The Balaban J connectivity index is 1.41. The summed E-state index contributed by atoms with van der Waals surface area (Å²) in [5.74, 6) is -2.43. The van der Waals surface area contributed by atoms with Gasteiger partial charge in [0.05, 0.1) is 30.6 Å². The fraction of sp³-hybridized carbons (Fsp3) is 0.269. The highest BCUT2D eigenvalue weighted by Crippen LogP contribution is 2.28. The predicted octanol–water partition coefficient (Wildman–Crippen LogP) is 4.11. The number of ether oxygens (including phenoxy) is 2. The van der Waals surface area contributed by atoms with Gasteiger partial charge in [-0.25, -0.2) is 18.7 Å². The number of hydrogen-bond donors (Lipinski definition) is 3. The van der Waals surface area contributed by atoms with E-state index in [4.69, 9.17) is 9.47 Å². The van der Waals surface area contributed by atoms with E-state index in [-0.39, 0.29) is 17.1 Å². The molecule has 1 amide bonds. The number of carbonyl (C=O) groups is 1. The maximum atomic E-state index is 14.8. The molecule has 2 aromatic carbocycles. The summed E-state index contributed by atoms with van der Waals surface area (Å²) in [7, 11) is 2.57. The molecule has 0 bridgehead atoms. The SMILES string of the molecule is CNC(=O)c1cc(OC)c(F)c(COc2cnc(Nc3ccc(N4C=C(C)N[C@@H](C)C4)cc3)nc2)c1F. The van der Waals surface area contributed by atoms with Gasteiger partial charge in [-0.3, -0.25) is 4.79 Å². The molecule has 0 radical (unpaired) electrons. The monoisotopic (exact) mass is 510 g/mol. The molecule has 0 saturated carbocycles. The van der Waals surface area contributed by atoms with Crippen LogP contribution < -0.4 is 30.3 Å². The van der Waals surface area contributed by atoms with Gasteiger partial charge in [0.25, 0.3) is 5.91 Å². The van der Waals surface area contributed by atoms with Crippen molar-refractivity contribution in [1.29, 1.82) is 0 Å². The quantitative estimate of drug-likeness (QED) is 0.417. The molecule has 9 nitrogen and oxygen atoms in total. The van der Waals surface area contributed by atoms with Gasteiger partial charge in [0, 0.05) is 42.9 Å². The first kappa shape index (κ1) is 25.7. The minimum Gasteiger partial charge on any atom is -0.494 e. The number of rotatable bonds is 8. The zero-order valence-corrected chi connectivity index (χ0v) is 20.9. The maximum absolute atomic E-state index is 14.8. The molecule has 1 aromatic heterocycles. The average molecular weight is 511 g/mol. The Bertz CT molecular complexity index is 1300. The van der Waals surface area contributed by atoms with E-state index in [2.05, 4.69) is 43.9 Å². The average Bonchev–Trinajstić information content (AvgIpc) is 2.89. The number of benzene rings is 2. The van der Waals surface area contributed by atoms with E-state index in [0.29, 0.717) is 12.0 Å².